The van der Waals surface area contributed by atoms with Crippen LogP contribution in [0.1, 0.15) is 97.3 Å². The second kappa shape index (κ2) is 16.8. The summed E-state index contributed by atoms with van der Waals surface area (Å²) in [6.45, 7) is 0. The molecule has 2 nitrogen and oxygen atoms in total. The van der Waals surface area contributed by atoms with Gasteiger partial charge in [-0.05, 0) is 202 Å². The summed E-state index contributed by atoms with van der Waals surface area (Å²) in [6, 6.07) is 81.9. The van der Waals surface area contributed by atoms with Crippen LogP contribution in [0.15, 0.2) is 218 Å². The standard InChI is InChI=1S/C70H56N2/c1-2-12-58-47(10-1)11-9-16-59(58)48-22-20-45(21-23-48)46-32-38-55(39-33-46)71(56-40-34-49(35-41-56)60-13-3-6-17-65(60)72-66-18-7-4-14-61(66)62-15-5-8-19-67(62)72)57-42-36-54(37-43-57)70-68-52-28-24-50(25-29-52)63(68)44-64-51-26-30-53(31-27-51)69(64)70/h1-23,32-44,50-53H,24-31H2. The van der Waals surface area contributed by atoms with E-state index in [0.717, 1.165) is 23.2 Å². The maximum atomic E-state index is 2.74. The lowest BCUT2D eigenvalue weighted by atomic mass is 9.59. The summed E-state index contributed by atoms with van der Waals surface area (Å²) in [5.41, 5.74) is 24.3. The largest absolute Gasteiger partial charge is 0.311 e. The fourth-order valence-electron chi connectivity index (χ4n) is 14.2. The van der Waals surface area contributed by atoms with Crippen molar-refractivity contribution in [1.82, 2.24) is 4.57 Å². The van der Waals surface area contributed by atoms with Gasteiger partial charge in [-0.15, -0.1) is 0 Å². The number of benzene rings is 10. The molecule has 2 heteroatoms. The van der Waals surface area contributed by atoms with Gasteiger partial charge in [0.1, 0.15) is 0 Å². The summed E-state index contributed by atoms with van der Waals surface area (Å²) in [4.78, 5) is 2.46. The van der Waals surface area contributed by atoms with Gasteiger partial charge in [0.25, 0.3) is 0 Å². The molecule has 0 aliphatic heterocycles. The molecule has 4 bridgehead atoms. The molecule has 0 amide bonds. The molecule has 1 aromatic heterocycles. The Balaban J connectivity index is 0.823. The van der Waals surface area contributed by atoms with Gasteiger partial charge >= 0.3 is 0 Å². The van der Waals surface area contributed by atoms with E-state index in [1.54, 1.807) is 27.8 Å². The predicted molar refractivity (Wildman–Crippen MR) is 303 cm³/mol. The second-order valence-corrected chi connectivity index (χ2v) is 21.3. The zero-order valence-corrected chi connectivity index (χ0v) is 40.6. The molecule has 0 spiro atoms. The third-order valence-corrected chi connectivity index (χ3v) is 17.6. The molecule has 0 saturated heterocycles. The quantitative estimate of drug-likeness (QED) is 0.147. The summed E-state index contributed by atoms with van der Waals surface area (Å²) in [5.74, 6) is 2.89. The number of hydrogen-bond acceptors (Lipinski definition) is 1. The zero-order chi connectivity index (χ0) is 47.3. The highest BCUT2D eigenvalue weighted by Crippen LogP contribution is 2.60. The highest BCUT2D eigenvalue weighted by atomic mass is 15.1. The molecule has 346 valence electrons. The maximum absolute atomic E-state index is 2.74. The summed E-state index contributed by atoms with van der Waals surface area (Å²) in [7, 11) is 0. The number of fused-ring (bicyclic) bond motifs is 8. The fourth-order valence-corrected chi connectivity index (χ4v) is 14.2. The van der Waals surface area contributed by atoms with Crippen LogP contribution < -0.4 is 4.90 Å². The minimum atomic E-state index is 0.702. The number of hydrogen-bond donors (Lipinski definition) is 0. The highest BCUT2D eigenvalue weighted by Gasteiger charge is 2.42. The Morgan fingerprint density at radius 3 is 1.31 bits per heavy atom. The molecular weight excluding hydrogens is 869 g/mol. The maximum Gasteiger partial charge on any atom is 0.0541 e. The van der Waals surface area contributed by atoms with Gasteiger partial charge in [0.05, 0.1) is 16.7 Å². The third kappa shape index (κ3) is 6.68. The molecule has 11 aromatic rings. The monoisotopic (exact) mass is 924 g/mol. The Hall–Kier alpha value is -7.94. The molecule has 0 N–H and O–H groups in total. The summed E-state index contributed by atoms with van der Waals surface area (Å²) >= 11 is 0. The van der Waals surface area contributed by atoms with Crippen LogP contribution in [0.2, 0.25) is 0 Å². The summed E-state index contributed by atoms with van der Waals surface area (Å²) < 4.78 is 2.44. The van der Waals surface area contributed by atoms with E-state index < -0.39 is 0 Å². The SMILES string of the molecule is c1ccc(-n2c3ccccc3c3ccccc32)c(-c2ccc(N(c3ccc(-c4ccc(-c5cccc6ccccc56)cc4)cc3)c3ccc(-c4c5c(cc6c4C4CCC6CC4)C4CCC5CC4)cc3)cc2)c1. The van der Waals surface area contributed by atoms with Gasteiger partial charge < -0.3 is 9.47 Å². The van der Waals surface area contributed by atoms with E-state index in [9.17, 15) is 0 Å². The van der Waals surface area contributed by atoms with Crippen molar-refractivity contribution in [2.75, 3.05) is 4.90 Å². The number of para-hydroxylation sites is 3. The van der Waals surface area contributed by atoms with Gasteiger partial charge in [-0.3, -0.25) is 0 Å². The molecule has 10 aromatic carbocycles. The van der Waals surface area contributed by atoms with E-state index in [1.807, 2.05) is 0 Å². The van der Waals surface area contributed by atoms with Gasteiger partial charge in [0.2, 0.25) is 0 Å². The Kier molecular flexibility index (Phi) is 9.78. The molecule has 1 heterocycles. The second-order valence-electron chi connectivity index (χ2n) is 21.3. The van der Waals surface area contributed by atoms with Crippen LogP contribution in [0.5, 0.6) is 0 Å². The van der Waals surface area contributed by atoms with Gasteiger partial charge in [0.15, 0.2) is 0 Å². The highest BCUT2D eigenvalue weighted by molar-refractivity contribution is 6.09. The van der Waals surface area contributed by atoms with Crippen molar-refractivity contribution < 1.29 is 0 Å². The smallest absolute Gasteiger partial charge is 0.0541 e. The van der Waals surface area contributed by atoms with E-state index in [4.69, 9.17) is 0 Å². The molecular formula is C70H56N2. The molecule has 2 fully saturated rings. The average Bonchev–Trinajstić information content (AvgIpc) is 3.80. The first-order chi connectivity index (χ1) is 35.7. The minimum absolute atomic E-state index is 0.702. The van der Waals surface area contributed by atoms with Crippen molar-refractivity contribution in [3.63, 3.8) is 0 Å². The molecule has 6 aliphatic rings. The van der Waals surface area contributed by atoms with Crippen molar-refractivity contribution >= 4 is 49.6 Å². The average molecular weight is 925 g/mol. The first kappa shape index (κ1) is 41.8. The van der Waals surface area contributed by atoms with Gasteiger partial charge in [-0.2, -0.15) is 0 Å². The first-order valence-electron chi connectivity index (χ1n) is 26.7. The van der Waals surface area contributed by atoms with Crippen molar-refractivity contribution in [3.05, 3.63) is 241 Å². The van der Waals surface area contributed by atoms with E-state index >= 15 is 0 Å². The topological polar surface area (TPSA) is 8.17 Å². The van der Waals surface area contributed by atoms with Crippen LogP contribution in [0, 0.1) is 0 Å². The summed E-state index contributed by atoms with van der Waals surface area (Å²) in [5, 5.41) is 5.10. The zero-order valence-electron chi connectivity index (χ0n) is 40.6. The molecule has 72 heavy (non-hydrogen) atoms. The van der Waals surface area contributed by atoms with Crippen LogP contribution >= 0.6 is 0 Å². The van der Waals surface area contributed by atoms with Crippen LogP contribution in [0.4, 0.5) is 17.1 Å². The molecule has 17 rings (SSSR count). The minimum Gasteiger partial charge on any atom is -0.311 e. The van der Waals surface area contributed by atoms with Crippen molar-refractivity contribution in [1.29, 1.82) is 0 Å². The molecule has 0 unspecified atom stereocenters. The van der Waals surface area contributed by atoms with Crippen LogP contribution in [-0.2, 0) is 0 Å². The number of nitrogens with zero attached hydrogens (tertiary/aromatic N) is 2. The van der Waals surface area contributed by atoms with Crippen molar-refractivity contribution in [3.8, 4) is 50.2 Å². The third-order valence-electron chi connectivity index (χ3n) is 17.6. The Labute approximate surface area is 422 Å². The van der Waals surface area contributed by atoms with E-state index in [2.05, 4.69) is 228 Å². The van der Waals surface area contributed by atoms with E-state index in [1.165, 1.54) is 134 Å². The number of aromatic nitrogens is 1. The van der Waals surface area contributed by atoms with Crippen LogP contribution in [0.3, 0.4) is 0 Å². The lowest BCUT2D eigenvalue weighted by Crippen LogP contribution is -2.28. The van der Waals surface area contributed by atoms with Crippen molar-refractivity contribution in [2.24, 2.45) is 0 Å². The normalized spacial score (nSPS) is 18.7. The molecule has 2 saturated carbocycles. The van der Waals surface area contributed by atoms with Crippen molar-refractivity contribution in [2.45, 2.75) is 75.0 Å². The van der Waals surface area contributed by atoms with E-state index in [0.29, 0.717) is 11.8 Å². The Morgan fingerprint density at radius 2 is 0.722 bits per heavy atom. The fraction of sp³-hybridized carbons (Fsp3) is 0.171. The number of anilines is 3. The molecule has 0 atom stereocenters. The number of rotatable bonds is 8. The van der Waals surface area contributed by atoms with E-state index in [-0.39, 0.29) is 0 Å². The lowest BCUT2D eigenvalue weighted by molar-refractivity contribution is 0.342. The molecule has 0 radical (unpaired) electrons. The Bertz CT molecular complexity index is 3750. The predicted octanol–water partition coefficient (Wildman–Crippen LogP) is 19.6. The van der Waals surface area contributed by atoms with Gasteiger partial charge in [-0.1, -0.05) is 164 Å². The van der Waals surface area contributed by atoms with Gasteiger partial charge in [0, 0.05) is 33.4 Å². The molecule has 6 aliphatic carbocycles. The lowest BCUT2D eigenvalue weighted by Gasteiger charge is -2.46. The van der Waals surface area contributed by atoms with Crippen LogP contribution in [0.25, 0.3) is 82.8 Å². The van der Waals surface area contributed by atoms with Crippen LogP contribution in [-0.4, -0.2) is 4.57 Å². The Morgan fingerprint density at radius 1 is 0.319 bits per heavy atom. The summed E-state index contributed by atoms with van der Waals surface area (Å²) in [6.07, 6.45) is 10.9. The van der Waals surface area contributed by atoms with Gasteiger partial charge in [-0.25, -0.2) is 0 Å². The first-order valence-corrected chi connectivity index (χ1v) is 26.7.